The number of carbonyl (C=O) groups is 1. The molecule has 2 amide bonds. The van der Waals surface area contributed by atoms with Crippen molar-refractivity contribution in [1.82, 2.24) is 15.2 Å². The summed E-state index contributed by atoms with van der Waals surface area (Å²) in [6, 6.07) is 5.68. The molecule has 0 aromatic carbocycles. The summed E-state index contributed by atoms with van der Waals surface area (Å²) in [6.45, 7) is 6.01. The number of aromatic nitrogens is 1. The average molecular weight is 248 g/mol. The van der Waals surface area contributed by atoms with E-state index < -0.39 is 0 Å². The molecule has 0 saturated carbocycles. The van der Waals surface area contributed by atoms with Gasteiger partial charge in [-0.05, 0) is 24.1 Å². The SMILES string of the molecule is CC(C)(CN)CN1CC(c2ccccn2)NC1=O. The number of nitrogens with two attached hydrogens (primary N) is 1. The predicted octanol–water partition coefficient (Wildman–Crippen LogP) is 1.13. The Morgan fingerprint density at radius 2 is 2.33 bits per heavy atom. The van der Waals surface area contributed by atoms with E-state index in [2.05, 4.69) is 24.1 Å². The fourth-order valence-corrected chi connectivity index (χ4v) is 2.06. The number of nitrogens with zero attached hydrogens (tertiary/aromatic N) is 2. The summed E-state index contributed by atoms with van der Waals surface area (Å²) in [5, 5.41) is 2.95. The van der Waals surface area contributed by atoms with Crippen LogP contribution in [0.25, 0.3) is 0 Å². The van der Waals surface area contributed by atoms with Crippen LogP contribution < -0.4 is 11.1 Å². The van der Waals surface area contributed by atoms with Crippen LogP contribution in [0.5, 0.6) is 0 Å². The minimum absolute atomic E-state index is 0.0210. The Balaban J connectivity index is 2.04. The lowest BCUT2D eigenvalue weighted by Crippen LogP contribution is -2.40. The molecule has 5 nitrogen and oxygen atoms in total. The Labute approximate surface area is 107 Å². The molecular weight excluding hydrogens is 228 g/mol. The monoisotopic (exact) mass is 248 g/mol. The third-order valence-electron chi connectivity index (χ3n) is 3.20. The summed E-state index contributed by atoms with van der Waals surface area (Å²) in [5.74, 6) is 0. The fraction of sp³-hybridized carbons (Fsp3) is 0.538. The van der Waals surface area contributed by atoms with Crippen molar-refractivity contribution in [2.75, 3.05) is 19.6 Å². The number of amides is 2. The van der Waals surface area contributed by atoms with E-state index in [4.69, 9.17) is 5.73 Å². The van der Waals surface area contributed by atoms with Gasteiger partial charge in [0.2, 0.25) is 0 Å². The van der Waals surface area contributed by atoms with Gasteiger partial charge in [0, 0.05) is 19.3 Å². The number of nitrogens with one attached hydrogen (secondary N) is 1. The van der Waals surface area contributed by atoms with Crippen molar-refractivity contribution in [3.8, 4) is 0 Å². The van der Waals surface area contributed by atoms with Crippen LogP contribution in [0, 0.1) is 5.41 Å². The van der Waals surface area contributed by atoms with Crippen molar-refractivity contribution < 1.29 is 4.79 Å². The molecule has 1 aromatic heterocycles. The molecule has 3 N–H and O–H groups in total. The highest BCUT2D eigenvalue weighted by molar-refractivity contribution is 5.77. The summed E-state index contributed by atoms with van der Waals surface area (Å²) in [5.41, 5.74) is 6.55. The summed E-state index contributed by atoms with van der Waals surface area (Å²) < 4.78 is 0. The van der Waals surface area contributed by atoms with Gasteiger partial charge >= 0.3 is 6.03 Å². The topological polar surface area (TPSA) is 71.2 Å². The summed E-state index contributed by atoms with van der Waals surface area (Å²) in [4.78, 5) is 18.0. The lowest BCUT2D eigenvalue weighted by Gasteiger charge is -2.28. The third-order valence-corrected chi connectivity index (χ3v) is 3.20. The number of pyridine rings is 1. The van der Waals surface area contributed by atoms with E-state index in [9.17, 15) is 4.79 Å². The molecule has 98 valence electrons. The second kappa shape index (κ2) is 4.94. The Morgan fingerprint density at radius 1 is 1.56 bits per heavy atom. The maximum atomic E-state index is 11.9. The molecule has 18 heavy (non-hydrogen) atoms. The van der Waals surface area contributed by atoms with Gasteiger partial charge in [0.05, 0.1) is 11.7 Å². The minimum Gasteiger partial charge on any atom is -0.330 e. The van der Waals surface area contributed by atoms with Gasteiger partial charge in [0.15, 0.2) is 0 Å². The molecule has 1 fully saturated rings. The lowest BCUT2D eigenvalue weighted by molar-refractivity contribution is 0.191. The quantitative estimate of drug-likeness (QED) is 0.839. The number of hydrogen-bond donors (Lipinski definition) is 2. The molecule has 0 radical (unpaired) electrons. The van der Waals surface area contributed by atoms with E-state index in [0.717, 1.165) is 5.69 Å². The molecule has 0 aliphatic carbocycles. The van der Waals surface area contributed by atoms with Gasteiger partial charge in [-0.3, -0.25) is 4.98 Å². The number of rotatable bonds is 4. The van der Waals surface area contributed by atoms with E-state index in [-0.39, 0.29) is 17.5 Å². The maximum absolute atomic E-state index is 11.9. The lowest BCUT2D eigenvalue weighted by atomic mass is 9.93. The van der Waals surface area contributed by atoms with Gasteiger partial charge in [0.25, 0.3) is 0 Å². The molecule has 1 aliphatic rings. The van der Waals surface area contributed by atoms with Crippen molar-refractivity contribution in [3.63, 3.8) is 0 Å². The molecule has 0 spiro atoms. The van der Waals surface area contributed by atoms with Gasteiger partial charge in [-0.1, -0.05) is 19.9 Å². The van der Waals surface area contributed by atoms with Crippen LogP contribution in [-0.2, 0) is 0 Å². The molecule has 5 heteroatoms. The van der Waals surface area contributed by atoms with Crippen LogP contribution in [0.15, 0.2) is 24.4 Å². The van der Waals surface area contributed by atoms with E-state index in [0.29, 0.717) is 19.6 Å². The molecule has 0 bridgehead atoms. The Kier molecular flexibility index (Phi) is 3.52. The molecule has 1 saturated heterocycles. The Morgan fingerprint density at radius 3 is 2.94 bits per heavy atom. The van der Waals surface area contributed by atoms with Crippen molar-refractivity contribution in [1.29, 1.82) is 0 Å². The van der Waals surface area contributed by atoms with Gasteiger partial charge in [0.1, 0.15) is 0 Å². The second-order valence-electron chi connectivity index (χ2n) is 5.51. The first-order valence-electron chi connectivity index (χ1n) is 6.18. The van der Waals surface area contributed by atoms with Crippen molar-refractivity contribution >= 4 is 6.03 Å². The largest absolute Gasteiger partial charge is 0.330 e. The molecule has 1 aromatic rings. The molecule has 1 unspecified atom stereocenters. The molecule has 2 rings (SSSR count). The van der Waals surface area contributed by atoms with Crippen molar-refractivity contribution in [3.05, 3.63) is 30.1 Å². The molecule has 1 aliphatic heterocycles. The highest BCUT2D eigenvalue weighted by Crippen LogP contribution is 2.22. The van der Waals surface area contributed by atoms with Crippen molar-refractivity contribution in [2.45, 2.75) is 19.9 Å². The van der Waals surface area contributed by atoms with E-state index in [1.54, 1.807) is 6.20 Å². The van der Waals surface area contributed by atoms with Crippen LogP contribution in [0.4, 0.5) is 4.79 Å². The fourth-order valence-electron chi connectivity index (χ4n) is 2.06. The van der Waals surface area contributed by atoms with Gasteiger partial charge in [-0.15, -0.1) is 0 Å². The number of hydrogen-bond acceptors (Lipinski definition) is 3. The summed E-state index contributed by atoms with van der Waals surface area (Å²) >= 11 is 0. The van der Waals surface area contributed by atoms with Gasteiger partial charge in [-0.2, -0.15) is 0 Å². The Bertz CT molecular complexity index is 418. The molecule has 1 atom stereocenters. The van der Waals surface area contributed by atoms with Crippen LogP contribution in [0.2, 0.25) is 0 Å². The first-order chi connectivity index (χ1) is 8.52. The van der Waals surface area contributed by atoms with Gasteiger partial charge in [-0.25, -0.2) is 4.79 Å². The molecular formula is C13H20N4O. The first-order valence-corrected chi connectivity index (χ1v) is 6.18. The zero-order chi connectivity index (χ0) is 13.2. The van der Waals surface area contributed by atoms with Gasteiger partial charge < -0.3 is 16.0 Å². The van der Waals surface area contributed by atoms with E-state index in [1.165, 1.54) is 0 Å². The summed E-state index contributed by atoms with van der Waals surface area (Å²) in [7, 11) is 0. The van der Waals surface area contributed by atoms with Crippen LogP contribution in [-0.4, -0.2) is 35.5 Å². The van der Waals surface area contributed by atoms with Crippen LogP contribution in [0.1, 0.15) is 25.6 Å². The predicted molar refractivity (Wildman–Crippen MR) is 69.9 cm³/mol. The van der Waals surface area contributed by atoms with Crippen LogP contribution in [0.3, 0.4) is 0 Å². The smallest absolute Gasteiger partial charge is 0.318 e. The third kappa shape index (κ3) is 2.79. The summed E-state index contributed by atoms with van der Waals surface area (Å²) in [6.07, 6.45) is 1.74. The standard InChI is InChI=1S/C13H20N4O/c1-13(2,8-14)9-17-7-11(16-12(17)18)10-5-3-4-6-15-10/h3-6,11H,7-9,14H2,1-2H3,(H,16,18). The number of urea groups is 1. The first kappa shape index (κ1) is 12.8. The van der Waals surface area contributed by atoms with Crippen molar-refractivity contribution in [2.24, 2.45) is 11.1 Å². The highest BCUT2D eigenvalue weighted by atomic mass is 16.2. The average Bonchev–Trinajstić information content (AvgIpc) is 2.72. The maximum Gasteiger partial charge on any atom is 0.318 e. The zero-order valence-corrected chi connectivity index (χ0v) is 10.9. The molecule has 2 heterocycles. The minimum atomic E-state index is -0.0592. The normalized spacial score (nSPS) is 20.1. The van der Waals surface area contributed by atoms with E-state index in [1.807, 2.05) is 23.1 Å². The van der Waals surface area contributed by atoms with E-state index >= 15 is 0 Å². The second-order valence-corrected chi connectivity index (χ2v) is 5.51. The highest BCUT2D eigenvalue weighted by Gasteiger charge is 2.33. The zero-order valence-electron chi connectivity index (χ0n) is 10.9. The Hall–Kier alpha value is -1.62. The van der Waals surface area contributed by atoms with Crippen LogP contribution >= 0.6 is 0 Å². The number of carbonyl (C=O) groups excluding carboxylic acids is 1.